The van der Waals surface area contributed by atoms with Gasteiger partial charge < -0.3 is 9.84 Å². The largest absolute Gasteiger partial charge is 0.494 e. The van der Waals surface area contributed by atoms with E-state index < -0.39 is 6.10 Å². The molecule has 0 radical (unpaired) electrons. The first-order chi connectivity index (χ1) is 8.22. The Morgan fingerprint density at radius 2 is 2.35 bits per heavy atom. The van der Waals surface area contributed by atoms with Crippen molar-refractivity contribution in [3.8, 4) is 5.75 Å². The van der Waals surface area contributed by atoms with E-state index in [1.54, 1.807) is 18.2 Å². The van der Waals surface area contributed by atoms with E-state index in [0.717, 1.165) is 0 Å². The van der Waals surface area contributed by atoms with Gasteiger partial charge in [-0.25, -0.2) is 4.98 Å². The van der Waals surface area contributed by atoms with Crippen LogP contribution in [-0.2, 0) is 6.54 Å². The zero-order valence-corrected chi connectivity index (χ0v) is 9.38. The molecule has 0 saturated heterocycles. The first kappa shape index (κ1) is 10.3. The number of ether oxygens (including phenoxy) is 1. The van der Waals surface area contributed by atoms with E-state index in [9.17, 15) is 9.90 Å². The van der Waals surface area contributed by atoms with Crippen molar-refractivity contribution in [3.05, 3.63) is 34.4 Å². The van der Waals surface area contributed by atoms with Gasteiger partial charge in [-0.2, -0.15) is 0 Å². The zero-order chi connectivity index (χ0) is 12.0. The van der Waals surface area contributed by atoms with Crippen LogP contribution in [0.1, 0.15) is 18.3 Å². The number of nitrogens with zero attached hydrogens (tertiary/aromatic N) is 2. The van der Waals surface area contributed by atoms with E-state index in [4.69, 9.17) is 4.74 Å². The number of aliphatic hydroxyl groups is 1. The fraction of sp³-hybridized carbons (Fsp3) is 0.333. The summed E-state index contributed by atoms with van der Waals surface area (Å²) < 4.78 is 6.72. The lowest BCUT2D eigenvalue weighted by Gasteiger charge is -2.09. The minimum Gasteiger partial charge on any atom is -0.494 e. The minimum atomic E-state index is -0.656. The highest BCUT2D eigenvalue weighted by Gasteiger charge is 2.24. The Bertz CT molecular complexity index is 648. The number of fused-ring (bicyclic) bond motifs is 2. The SMILES string of the molecule is COc1cccc2c(=O)n3c(nc12)C(O)CC3. The second-order valence-corrected chi connectivity index (χ2v) is 4.09. The third-order valence-corrected chi connectivity index (χ3v) is 3.12. The Labute approximate surface area is 97.3 Å². The molecule has 3 rings (SSSR count). The molecule has 17 heavy (non-hydrogen) atoms. The van der Waals surface area contributed by atoms with Gasteiger partial charge in [0.25, 0.3) is 5.56 Å². The lowest BCUT2D eigenvalue weighted by molar-refractivity contribution is 0.175. The van der Waals surface area contributed by atoms with Crippen molar-refractivity contribution in [1.82, 2.24) is 9.55 Å². The first-order valence-corrected chi connectivity index (χ1v) is 5.48. The molecule has 5 nitrogen and oxygen atoms in total. The highest BCUT2D eigenvalue weighted by molar-refractivity contribution is 5.83. The smallest absolute Gasteiger partial charge is 0.261 e. The number of benzene rings is 1. The summed E-state index contributed by atoms with van der Waals surface area (Å²) >= 11 is 0. The molecule has 0 fully saturated rings. The summed E-state index contributed by atoms with van der Waals surface area (Å²) in [5.41, 5.74) is 0.410. The van der Waals surface area contributed by atoms with Crippen LogP contribution in [0.5, 0.6) is 5.75 Å². The normalized spacial score (nSPS) is 18.4. The number of methoxy groups -OCH3 is 1. The lowest BCUT2D eigenvalue weighted by Crippen LogP contribution is -2.21. The van der Waals surface area contributed by atoms with Crippen LogP contribution in [0.3, 0.4) is 0 Å². The van der Waals surface area contributed by atoms with Gasteiger partial charge in [0, 0.05) is 6.54 Å². The van der Waals surface area contributed by atoms with Crippen molar-refractivity contribution >= 4 is 10.9 Å². The van der Waals surface area contributed by atoms with Gasteiger partial charge in [0.1, 0.15) is 23.2 Å². The first-order valence-electron chi connectivity index (χ1n) is 5.48. The molecule has 0 spiro atoms. The quantitative estimate of drug-likeness (QED) is 0.791. The van der Waals surface area contributed by atoms with Crippen LogP contribution < -0.4 is 10.3 Å². The number of aromatic nitrogens is 2. The summed E-state index contributed by atoms with van der Waals surface area (Å²) in [7, 11) is 1.54. The molecule has 0 aliphatic carbocycles. The van der Waals surface area contributed by atoms with E-state index in [1.165, 1.54) is 11.7 Å². The van der Waals surface area contributed by atoms with Crippen LogP contribution in [0.2, 0.25) is 0 Å². The second kappa shape index (κ2) is 3.56. The van der Waals surface area contributed by atoms with Crippen molar-refractivity contribution in [2.75, 3.05) is 7.11 Å². The number of hydrogen-bond donors (Lipinski definition) is 1. The van der Waals surface area contributed by atoms with Gasteiger partial charge in [0.2, 0.25) is 0 Å². The molecule has 5 heteroatoms. The molecule has 0 saturated carbocycles. The van der Waals surface area contributed by atoms with E-state index in [2.05, 4.69) is 4.98 Å². The third-order valence-electron chi connectivity index (χ3n) is 3.12. The maximum absolute atomic E-state index is 12.2. The molecule has 1 aromatic carbocycles. The van der Waals surface area contributed by atoms with E-state index in [-0.39, 0.29) is 5.56 Å². The van der Waals surface area contributed by atoms with Gasteiger partial charge in [0.15, 0.2) is 0 Å². The maximum Gasteiger partial charge on any atom is 0.261 e. The Balaban J connectivity index is 2.44. The molecular formula is C12H12N2O3. The third kappa shape index (κ3) is 1.36. The van der Waals surface area contributed by atoms with Crippen molar-refractivity contribution in [3.63, 3.8) is 0 Å². The number of hydrogen-bond acceptors (Lipinski definition) is 4. The Morgan fingerprint density at radius 3 is 3.12 bits per heavy atom. The van der Waals surface area contributed by atoms with Crippen LogP contribution in [0.25, 0.3) is 10.9 Å². The molecule has 1 atom stereocenters. The van der Waals surface area contributed by atoms with E-state index in [1.807, 2.05) is 0 Å². The molecule has 0 amide bonds. The van der Waals surface area contributed by atoms with Crippen LogP contribution in [0, 0.1) is 0 Å². The molecule has 1 unspecified atom stereocenters. The van der Waals surface area contributed by atoms with Gasteiger partial charge in [-0.3, -0.25) is 9.36 Å². The van der Waals surface area contributed by atoms with Crippen LogP contribution in [0.15, 0.2) is 23.0 Å². The van der Waals surface area contributed by atoms with Crippen molar-refractivity contribution in [2.24, 2.45) is 0 Å². The Morgan fingerprint density at radius 1 is 1.53 bits per heavy atom. The molecule has 1 aromatic heterocycles. The van der Waals surface area contributed by atoms with Gasteiger partial charge in [-0.15, -0.1) is 0 Å². The van der Waals surface area contributed by atoms with Crippen molar-refractivity contribution < 1.29 is 9.84 Å². The molecule has 1 N–H and O–H groups in total. The fourth-order valence-corrected chi connectivity index (χ4v) is 2.25. The minimum absolute atomic E-state index is 0.111. The van der Waals surface area contributed by atoms with Gasteiger partial charge in [0.05, 0.1) is 12.5 Å². The van der Waals surface area contributed by atoms with E-state index in [0.29, 0.717) is 35.4 Å². The van der Waals surface area contributed by atoms with E-state index >= 15 is 0 Å². The number of para-hydroxylation sites is 1. The molecule has 1 aliphatic rings. The lowest BCUT2D eigenvalue weighted by atomic mass is 10.2. The zero-order valence-electron chi connectivity index (χ0n) is 9.38. The fourth-order valence-electron chi connectivity index (χ4n) is 2.25. The average Bonchev–Trinajstić information content (AvgIpc) is 2.71. The number of rotatable bonds is 1. The topological polar surface area (TPSA) is 64.4 Å². The predicted molar refractivity (Wildman–Crippen MR) is 62.1 cm³/mol. The molecule has 0 bridgehead atoms. The molecule has 1 aliphatic heterocycles. The Hall–Kier alpha value is -1.88. The average molecular weight is 232 g/mol. The molecule has 2 aromatic rings. The summed E-state index contributed by atoms with van der Waals surface area (Å²) in [5.74, 6) is 0.995. The predicted octanol–water partition coefficient (Wildman–Crippen LogP) is 0.842. The number of aliphatic hydroxyl groups excluding tert-OH is 1. The molecule has 2 heterocycles. The van der Waals surface area contributed by atoms with Gasteiger partial charge in [-0.05, 0) is 18.6 Å². The summed E-state index contributed by atoms with van der Waals surface area (Å²) in [6.07, 6.45) is -0.113. The summed E-state index contributed by atoms with van der Waals surface area (Å²) in [6, 6.07) is 5.25. The summed E-state index contributed by atoms with van der Waals surface area (Å²) in [4.78, 5) is 16.5. The highest BCUT2D eigenvalue weighted by Crippen LogP contribution is 2.27. The van der Waals surface area contributed by atoms with Gasteiger partial charge in [-0.1, -0.05) is 6.07 Å². The van der Waals surface area contributed by atoms with Crippen LogP contribution >= 0.6 is 0 Å². The molecule has 88 valence electrons. The maximum atomic E-state index is 12.2. The van der Waals surface area contributed by atoms with Crippen molar-refractivity contribution in [2.45, 2.75) is 19.1 Å². The Kier molecular flexibility index (Phi) is 2.16. The summed E-state index contributed by atoms with van der Waals surface area (Å²) in [6.45, 7) is 0.523. The summed E-state index contributed by atoms with van der Waals surface area (Å²) in [5, 5.41) is 10.3. The van der Waals surface area contributed by atoms with Crippen LogP contribution in [-0.4, -0.2) is 21.8 Å². The highest BCUT2D eigenvalue weighted by atomic mass is 16.5. The van der Waals surface area contributed by atoms with Gasteiger partial charge >= 0.3 is 0 Å². The van der Waals surface area contributed by atoms with Crippen LogP contribution in [0.4, 0.5) is 0 Å². The standard InChI is InChI=1S/C12H12N2O3/c1-17-9-4-2-3-7-10(9)13-11-8(15)5-6-14(11)12(7)16/h2-4,8,15H,5-6H2,1H3. The van der Waals surface area contributed by atoms with Crippen molar-refractivity contribution in [1.29, 1.82) is 0 Å². The molecular weight excluding hydrogens is 220 g/mol. The monoisotopic (exact) mass is 232 g/mol. The second-order valence-electron chi connectivity index (χ2n) is 4.09.